The highest BCUT2D eigenvalue weighted by Crippen LogP contribution is 2.67. The summed E-state index contributed by atoms with van der Waals surface area (Å²) in [6.45, 7) is 26.3. The van der Waals surface area contributed by atoms with E-state index in [2.05, 4.69) is 61.5 Å². The van der Waals surface area contributed by atoms with Crippen molar-refractivity contribution < 1.29 is 23.9 Å². The number of nitriles is 1. The zero-order chi connectivity index (χ0) is 34.8. The van der Waals surface area contributed by atoms with E-state index in [1.54, 1.807) is 11.8 Å². The van der Waals surface area contributed by atoms with E-state index in [0.29, 0.717) is 32.9 Å². The molecule has 1 saturated carbocycles. The quantitative estimate of drug-likeness (QED) is 0.198. The number of hydrogen-bond donors (Lipinski definition) is 0. The summed E-state index contributed by atoms with van der Waals surface area (Å²) in [5, 5.41) is 9.97. The van der Waals surface area contributed by atoms with Crippen molar-refractivity contribution in [3.8, 4) is 6.07 Å². The Morgan fingerprint density at radius 1 is 1.04 bits per heavy atom. The highest BCUT2D eigenvalue weighted by atomic mass is 16.6. The zero-order valence-electron chi connectivity index (χ0n) is 30.9. The second-order valence-electron chi connectivity index (χ2n) is 17.4. The van der Waals surface area contributed by atoms with Gasteiger partial charge in [0.25, 0.3) is 0 Å². The van der Waals surface area contributed by atoms with E-state index in [1.807, 2.05) is 26.0 Å². The molecule has 3 rings (SSSR count). The molecule has 0 bridgehead atoms. The highest BCUT2D eigenvalue weighted by molar-refractivity contribution is 6.04. The number of carbonyl (C=O) groups excluding carboxylic acids is 3. The summed E-state index contributed by atoms with van der Waals surface area (Å²) in [6, 6.07) is 2.18. The van der Waals surface area contributed by atoms with Crippen LogP contribution in [0.3, 0.4) is 0 Å². The van der Waals surface area contributed by atoms with Gasteiger partial charge in [-0.15, -0.1) is 0 Å². The van der Waals surface area contributed by atoms with Gasteiger partial charge in [0.2, 0.25) is 0 Å². The number of fused-ring (bicyclic) bond motifs is 1. The molecule has 0 unspecified atom stereocenters. The van der Waals surface area contributed by atoms with E-state index < -0.39 is 10.8 Å². The SMILES string of the molecule is CCCC(C)(C)CC[C@@](C)(CCC(C)(C)[C@]1(C)CC[C@H]2C(C)(C)C(=O)C(C#N)=C[C@]2(C)/C1=C/C(C)=O)COC(=O)N1CCOCC1. The van der Waals surface area contributed by atoms with E-state index in [1.165, 1.54) is 0 Å². The van der Waals surface area contributed by atoms with Crippen molar-refractivity contribution in [2.24, 2.45) is 38.4 Å². The van der Waals surface area contributed by atoms with Crippen molar-refractivity contribution in [2.75, 3.05) is 32.9 Å². The highest BCUT2D eigenvalue weighted by Gasteiger charge is 2.61. The van der Waals surface area contributed by atoms with Gasteiger partial charge in [0.1, 0.15) is 6.07 Å². The summed E-state index contributed by atoms with van der Waals surface area (Å²) < 4.78 is 11.5. The minimum Gasteiger partial charge on any atom is -0.449 e. The van der Waals surface area contributed by atoms with Gasteiger partial charge in [-0.05, 0) is 80.1 Å². The van der Waals surface area contributed by atoms with Gasteiger partial charge in [-0.25, -0.2) is 4.79 Å². The van der Waals surface area contributed by atoms with Crippen LogP contribution in [-0.2, 0) is 19.1 Å². The second kappa shape index (κ2) is 14.0. The molecule has 1 saturated heterocycles. The van der Waals surface area contributed by atoms with Crippen molar-refractivity contribution >= 4 is 17.7 Å². The Morgan fingerprint density at radius 3 is 2.22 bits per heavy atom. The van der Waals surface area contributed by atoms with Crippen LogP contribution in [0.1, 0.15) is 128 Å². The Morgan fingerprint density at radius 2 is 1.65 bits per heavy atom. The minimum absolute atomic E-state index is 0.00950. The monoisotopic (exact) mass is 638 g/mol. The Labute approximate surface area is 279 Å². The first kappa shape index (κ1) is 38.0. The molecule has 258 valence electrons. The smallest absolute Gasteiger partial charge is 0.409 e. The Balaban J connectivity index is 1.95. The number of rotatable bonds is 12. The van der Waals surface area contributed by atoms with Gasteiger partial charge in [0, 0.05) is 29.3 Å². The first-order valence-electron chi connectivity index (χ1n) is 17.6. The Bertz CT molecular complexity index is 1260. The number of allylic oxidation sites excluding steroid dienone is 4. The first-order valence-corrected chi connectivity index (χ1v) is 17.6. The number of nitrogens with zero attached hydrogens (tertiary/aromatic N) is 2. The summed E-state index contributed by atoms with van der Waals surface area (Å²) in [5.41, 5.74) is -0.682. The van der Waals surface area contributed by atoms with Gasteiger partial charge in [0.15, 0.2) is 11.6 Å². The molecule has 0 spiro atoms. The summed E-state index contributed by atoms with van der Waals surface area (Å²) in [7, 11) is 0. The zero-order valence-corrected chi connectivity index (χ0v) is 30.9. The van der Waals surface area contributed by atoms with Gasteiger partial charge in [-0.1, -0.05) is 87.3 Å². The number of carbonyl (C=O) groups is 3. The molecule has 1 aliphatic heterocycles. The third kappa shape index (κ3) is 7.80. The lowest BCUT2D eigenvalue weighted by Crippen LogP contribution is -2.55. The van der Waals surface area contributed by atoms with Gasteiger partial charge >= 0.3 is 6.09 Å². The molecule has 1 amide bonds. The van der Waals surface area contributed by atoms with Crippen LogP contribution in [0, 0.1) is 49.7 Å². The van der Waals surface area contributed by atoms with Crippen molar-refractivity contribution in [2.45, 2.75) is 128 Å². The molecule has 0 aromatic heterocycles. The van der Waals surface area contributed by atoms with E-state index in [0.717, 1.165) is 56.9 Å². The fourth-order valence-corrected chi connectivity index (χ4v) is 8.79. The maximum Gasteiger partial charge on any atom is 0.409 e. The lowest BCUT2D eigenvalue weighted by molar-refractivity contribution is -0.131. The lowest BCUT2D eigenvalue weighted by atomic mass is 9.42. The molecule has 7 nitrogen and oxygen atoms in total. The van der Waals surface area contributed by atoms with Gasteiger partial charge in [-0.3, -0.25) is 9.59 Å². The Kier molecular flexibility index (Phi) is 11.5. The standard InChI is InChI=1S/C39H62N2O5/c1-12-14-34(3,4)16-18-37(9,27-46-33(44)41-20-22-45-23-21-41)19-17-35(5,6)39(11)15-13-30-36(7,8)32(43)29(26-40)25-38(30,10)31(39)24-28(2)42/h24-25,30H,12-23,27H2,1-11H3/b31-24-/t30-,37-,38-,39+/m0/s1. The molecule has 0 aromatic rings. The average Bonchev–Trinajstić information content (AvgIpc) is 2.98. The van der Waals surface area contributed by atoms with Gasteiger partial charge < -0.3 is 14.4 Å². The van der Waals surface area contributed by atoms with Gasteiger partial charge in [0.05, 0.1) is 25.4 Å². The maximum atomic E-state index is 13.3. The normalized spacial score (nSPS) is 29.0. The third-order valence-electron chi connectivity index (χ3n) is 12.4. The minimum atomic E-state index is -0.704. The number of morpholine rings is 1. The number of ether oxygens (including phenoxy) is 2. The van der Waals surface area contributed by atoms with Crippen molar-refractivity contribution in [3.63, 3.8) is 0 Å². The predicted octanol–water partition coefficient (Wildman–Crippen LogP) is 8.87. The first-order chi connectivity index (χ1) is 21.2. The van der Waals surface area contributed by atoms with Crippen molar-refractivity contribution in [1.29, 1.82) is 5.26 Å². The van der Waals surface area contributed by atoms with Crippen LogP contribution < -0.4 is 0 Å². The second-order valence-corrected chi connectivity index (χ2v) is 17.4. The summed E-state index contributed by atoms with van der Waals surface area (Å²) in [5.74, 6) is -0.126. The van der Waals surface area contributed by atoms with Crippen LogP contribution in [0.2, 0.25) is 0 Å². The van der Waals surface area contributed by atoms with E-state index in [4.69, 9.17) is 9.47 Å². The number of amides is 1. The summed E-state index contributed by atoms with van der Waals surface area (Å²) in [4.78, 5) is 41.0. The molecule has 1 heterocycles. The molecule has 2 fully saturated rings. The van der Waals surface area contributed by atoms with E-state index in [-0.39, 0.29) is 50.8 Å². The molecule has 0 N–H and O–H groups in total. The molecule has 3 aliphatic rings. The van der Waals surface area contributed by atoms with Crippen molar-refractivity contribution in [1.82, 2.24) is 4.90 Å². The largest absolute Gasteiger partial charge is 0.449 e. The Hall–Kier alpha value is -2.46. The van der Waals surface area contributed by atoms with Crippen LogP contribution in [0.5, 0.6) is 0 Å². The number of ketones is 2. The number of Topliss-reactive ketones (excluding diaryl/α,β-unsaturated/α-hetero) is 1. The molecule has 7 heteroatoms. The molecule has 2 aliphatic carbocycles. The average molecular weight is 639 g/mol. The van der Waals surface area contributed by atoms with Crippen molar-refractivity contribution in [3.05, 3.63) is 23.3 Å². The molecular weight excluding hydrogens is 576 g/mol. The summed E-state index contributed by atoms with van der Waals surface area (Å²) in [6.07, 6.45) is 11.1. The summed E-state index contributed by atoms with van der Waals surface area (Å²) >= 11 is 0. The molecular formula is C39H62N2O5. The molecule has 46 heavy (non-hydrogen) atoms. The lowest BCUT2D eigenvalue weighted by Gasteiger charge is -2.61. The number of hydrogen-bond acceptors (Lipinski definition) is 6. The maximum absolute atomic E-state index is 13.3. The third-order valence-corrected chi connectivity index (χ3v) is 12.4. The topological polar surface area (TPSA) is 96.7 Å². The molecule has 0 aromatic carbocycles. The fourth-order valence-electron chi connectivity index (χ4n) is 8.79. The molecule has 4 atom stereocenters. The van der Waals surface area contributed by atoms with E-state index >= 15 is 0 Å². The van der Waals surface area contributed by atoms with Gasteiger partial charge in [-0.2, -0.15) is 5.26 Å². The van der Waals surface area contributed by atoms with Crippen LogP contribution in [0.4, 0.5) is 4.79 Å². The van der Waals surface area contributed by atoms with Crippen LogP contribution in [0.15, 0.2) is 23.3 Å². The fraction of sp³-hybridized carbons (Fsp3) is 0.795. The van der Waals surface area contributed by atoms with Crippen LogP contribution in [0.25, 0.3) is 0 Å². The molecule has 0 radical (unpaired) electrons. The van der Waals surface area contributed by atoms with E-state index in [9.17, 15) is 19.6 Å². The van der Waals surface area contributed by atoms with Crippen LogP contribution >= 0.6 is 0 Å². The predicted molar refractivity (Wildman–Crippen MR) is 183 cm³/mol. The van der Waals surface area contributed by atoms with Crippen LogP contribution in [-0.4, -0.2) is 55.5 Å².